The number of ether oxygens (including phenoxy) is 1. The molecule has 3 aromatic rings. The number of aryl methyl sites for hydroxylation is 1. The number of hydrogen-bond donors (Lipinski definition) is 1. The van der Waals surface area contributed by atoms with E-state index >= 15 is 0 Å². The van der Waals surface area contributed by atoms with E-state index in [-0.39, 0.29) is 16.9 Å². The Bertz CT molecular complexity index is 1350. The largest absolute Gasteiger partial charge is 0.459 e. The average Bonchev–Trinajstić information content (AvgIpc) is 3.48. The van der Waals surface area contributed by atoms with E-state index in [4.69, 9.17) is 9.15 Å². The molecule has 0 saturated heterocycles. The van der Waals surface area contributed by atoms with Crippen LogP contribution in [0, 0.1) is 18.3 Å². The summed E-state index contributed by atoms with van der Waals surface area (Å²) < 4.78 is 10.3. The second kappa shape index (κ2) is 9.57. The maximum Gasteiger partial charge on any atom is 0.338 e. The number of para-hydroxylation sites is 2. The van der Waals surface area contributed by atoms with E-state index in [0.29, 0.717) is 11.5 Å². The number of furan rings is 1. The quantitative estimate of drug-likeness (QED) is 0.328. The molecule has 1 aliphatic heterocycles. The molecule has 1 aliphatic rings. The van der Waals surface area contributed by atoms with Crippen LogP contribution in [0.1, 0.15) is 26.5 Å². The summed E-state index contributed by atoms with van der Waals surface area (Å²) in [5, 5.41) is 12.4. The Morgan fingerprint density at radius 2 is 1.71 bits per heavy atom. The van der Waals surface area contributed by atoms with E-state index in [1.165, 1.54) is 24.5 Å². The number of nitrogens with one attached hydrogen (secondary N) is 1. The van der Waals surface area contributed by atoms with Gasteiger partial charge in [-0.25, -0.2) is 4.79 Å². The van der Waals surface area contributed by atoms with Gasteiger partial charge in [0.1, 0.15) is 17.5 Å². The molecule has 0 radical (unpaired) electrons. The van der Waals surface area contributed by atoms with Gasteiger partial charge in [-0.1, -0.05) is 18.2 Å². The number of esters is 1. The summed E-state index contributed by atoms with van der Waals surface area (Å²) in [6.07, 6.45) is 1.39. The third-order valence-corrected chi connectivity index (χ3v) is 5.65. The van der Waals surface area contributed by atoms with Gasteiger partial charge in [-0.2, -0.15) is 5.26 Å². The molecular formula is C26H22N4O5. The highest BCUT2D eigenvalue weighted by atomic mass is 16.5. The molecule has 1 aromatic heterocycles. The minimum absolute atomic E-state index is 0.116. The molecular weight excluding hydrogens is 448 g/mol. The minimum Gasteiger partial charge on any atom is -0.459 e. The van der Waals surface area contributed by atoms with Gasteiger partial charge < -0.3 is 24.3 Å². The maximum absolute atomic E-state index is 12.9. The number of ketones is 1. The normalized spacial score (nSPS) is 12.1. The fourth-order valence-electron chi connectivity index (χ4n) is 3.82. The lowest BCUT2D eigenvalue weighted by Gasteiger charge is -2.19. The van der Waals surface area contributed by atoms with Crippen LogP contribution in [0.15, 0.2) is 76.7 Å². The molecule has 0 aliphatic carbocycles. The van der Waals surface area contributed by atoms with Gasteiger partial charge in [-0.05, 0) is 48.9 Å². The summed E-state index contributed by atoms with van der Waals surface area (Å²) in [6, 6.07) is 17.2. The molecule has 0 saturated carbocycles. The first-order chi connectivity index (χ1) is 16.8. The van der Waals surface area contributed by atoms with E-state index < -0.39 is 24.3 Å². The van der Waals surface area contributed by atoms with E-state index in [2.05, 4.69) is 5.32 Å². The molecule has 1 N–H and O–H groups in total. The zero-order chi connectivity index (χ0) is 25.1. The van der Waals surface area contributed by atoms with Crippen molar-refractivity contribution >= 4 is 34.7 Å². The van der Waals surface area contributed by atoms with Crippen LogP contribution in [0.3, 0.4) is 0 Å². The van der Waals surface area contributed by atoms with Crippen molar-refractivity contribution in [3.8, 4) is 6.07 Å². The molecule has 2 heterocycles. The van der Waals surface area contributed by atoms with Crippen molar-refractivity contribution in [2.45, 2.75) is 6.92 Å². The first-order valence-corrected chi connectivity index (χ1v) is 10.7. The predicted octanol–water partition coefficient (Wildman–Crippen LogP) is 3.89. The summed E-state index contributed by atoms with van der Waals surface area (Å²) in [5.41, 5.74) is 2.86. The van der Waals surface area contributed by atoms with Gasteiger partial charge in [0.05, 0.1) is 23.2 Å². The van der Waals surface area contributed by atoms with E-state index in [0.717, 1.165) is 16.9 Å². The zero-order valence-electron chi connectivity index (χ0n) is 19.4. The molecule has 0 fully saturated rings. The molecule has 9 heteroatoms. The van der Waals surface area contributed by atoms with E-state index in [1.807, 2.05) is 30.3 Å². The van der Waals surface area contributed by atoms with Gasteiger partial charge >= 0.3 is 5.97 Å². The fraction of sp³-hybridized carbons (Fsp3) is 0.154. The minimum atomic E-state index is -0.759. The standard InChI is InChI=1S/C26H22N4O5/c1-16-10-11-17(13-19(16)28-24(32)23-9-6-12-34-23)26(33)35-15-22(31)18(14-27)25-29(2)20-7-4-5-8-21(20)30(25)3/h4-13H,15H2,1-3H3,(H,28,32). The van der Waals surface area contributed by atoms with Crippen LogP contribution in [0.2, 0.25) is 0 Å². The highest BCUT2D eigenvalue weighted by Gasteiger charge is 2.31. The molecule has 4 rings (SSSR count). The van der Waals surface area contributed by atoms with Crippen LogP contribution in [0.25, 0.3) is 0 Å². The lowest BCUT2D eigenvalue weighted by molar-refractivity contribution is -0.118. The van der Waals surface area contributed by atoms with Gasteiger partial charge in [-0.3, -0.25) is 9.59 Å². The molecule has 0 spiro atoms. The summed E-state index contributed by atoms with van der Waals surface area (Å²) in [5.74, 6) is -1.31. The van der Waals surface area contributed by atoms with Crippen molar-refractivity contribution in [2.24, 2.45) is 0 Å². The van der Waals surface area contributed by atoms with Crippen LogP contribution in [-0.4, -0.2) is 38.4 Å². The smallest absolute Gasteiger partial charge is 0.338 e. The van der Waals surface area contributed by atoms with Crippen molar-refractivity contribution in [2.75, 3.05) is 35.8 Å². The number of Topliss-reactive ketones (excluding diaryl/α,β-unsaturated/α-hetero) is 1. The van der Waals surface area contributed by atoms with E-state index in [1.54, 1.807) is 43.0 Å². The Balaban J connectivity index is 1.48. The third kappa shape index (κ3) is 4.50. The second-order valence-electron chi connectivity index (χ2n) is 7.88. The lowest BCUT2D eigenvalue weighted by atomic mass is 10.1. The van der Waals surface area contributed by atoms with Crippen molar-refractivity contribution in [1.29, 1.82) is 5.26 Å². The molecule has 176 valence electrons. The molecule has 1 amide bonds. The van der Waals surface area contributed by atoms with Crippen LogP contribution in [0.4, 0.5) is 17.1 Å². The maximum atomic E-state index is 12.9. The average molecular weight is 470 g/mol. The first kappa shape index (κ1) is 23.3. The number of carbonyl (C=O) groups excluding carboxylic acids is 3. The third-order valence-electron chi connectivity index (χ3n) is 5.65. The Morgan fingerprint density at radius 1 is 1.03 bits per heavy atom. The van der Waals surface area contributed by atoms with Gasteiger partial charge in [-0.15, -0.1) is 0 Å². The number of rotatable bonds is 6. The monoisotopic (exact) mass is 470 g/mol. The number of hydrogen-bond acceptors (Lipinski definition) is 8. The van der Waals surface area contributed by atoms with Gasteiger partial charge in [0.2, 0.25) is 5.78 Å². The second-order valence-corrected chi connectivity index (χ2v) is 7.88. The van der Waals surface area contributed by atoms with E-state index in [9.17, 15) is 19.6 Å². The van der Waals surface area contributed by atoms with Crippen LogP contribution < -0.4 is 15.1 Å². The number of benzene rings is 2. The van der Waals surface area contributed by atoms with Crippen molar-refractivity contribution in [3.63, 3.8) is 0 Å². The fourth-order valence-corrected chi connectivity index (χ4v) is 3.82. The highest BCUT2D eigenvalue weighted by Crippen LogP contribution is 2.40. The van der Waals surface area contributed by atoms with Gasteiger partial charge in [0.15, 0.2) is 12.4 Å². The molecule has 2 aromatic carbocycles. The molecule has 9 nitrogen and oxygen atoms in total. The number of fused-ring (bicyclic) bond motifs is 1. The predicted molar refractivity (Wildman–Crippen MR) is 129 cm³/mol. The SMILES string of the molecule is Cc1ccc(C(=O)OCC(=O)C(C#N)=C2N(C)c3ccccc3N2C)cc1NC(=O)c1ccco1. The van der Waals surface area contributed by atoms with Crippen LogP contribution in [0.5, 0.6) is 0 Å². The lowest BCUT2D eigenvalue weighted by Crippen LogP contribution is -2.27. The van der Waals surface area contributed by atoms with Gasteiger partial charge in [0.25, 0.3) is 5.91 Å². The molecule has 0 unspecified atom stereocenters. The summed E-state index contributed by atoms with van der Waals surface area (Å²) in [4.78, 5) is 41.3. The Hall–Kier alpha value is -4.84. The summed E-state index contributed by atoms with van der Waals surface area (Å²) >= 11 is 0. The van der Waals surface area contributed by atoms with Crippen molar-refractivity contribution in [1.82, 2.24) is 0 Å². The Kier molecular flexibility index (Phi) is 6.38. The zero-order valence-corrected chi connectivity index (χ0v) is 19.4. The Labute approximate surface area is 201 Å². The molecule has 0 bridgehead atoms. The number of nitriles is 1. The Morgan fingerprint density at radius 3 is 2.31 bits per heavy atom. The summed E-state index contributed by atoms with van der Waals surface area (Å²) in [6.45, 7) is 1.17. The number of carbonyl (C=O) groups is 3. The highest BCUT2D eigenvalue weighted by molar-refractivity contribution is 6.05. The molecule has 0 atom stereocenters. The summed E-state index contributed by atoms with van der Waals surface area (Å²) in [7, 11) is 3.53. The van der Waals surface area contributed by atoms with Gasteiger partial charge in [0, 0.05) is 19.8 Å². The van der Waals surface area contributed by atoms with Crippen molar-refractivity contribution in [3.05, 3.63) is 89.1 Å². The number of nitrogens with zero attached hydrogens (tertiary/aromatic N) is 3. The van der Waals surface area contributed by atoms with Crippen molar-refractivity contribution < 1.29 is 23.5 Å². The topological polar surface area (TPSA) is 116 Å². The molecule has 35 heavy (non-hydrogen) atoms. The number of anilines is 3. The van der Waals surface area contributed by atoms with Crippen LogP contribution in [-0.2, 0) is 9.53 Å². The number of amides is 1. The first-order valence-electron chi connectivity index (χ1n) is 10.7. The van der Waals surface area contributed by atoms with Crippen LogP contribution >= 0.6 is 0 Å².